The lowest BCUT2D eigenvalue weighted by molar-refractivity contribution is -0.952. The summed E-state index contributed by atoms with van der Waals surface area (Å²) in [7, 11) is 0. The van der Waals surface area contributed by atoms with Crippen LogP contribution in [-0.2, 0) is 0 Å². The van der Waals surface area contributed by atoms with Crippen LogP contribution in [0.2, 0.25) is 0 Å². The molecule has 0 saturated carbocycles. The van der Waals surface area contributed by atoms with E-state index in [9.17, 15) is 0 Å². The number of hydrogen-bond donors (Lipinski definition) is 0. The molecule has 15 heavy (non-hydrogen) atoms. The van der Waals surface area contributed by atoms with Crippen molar-refractivity contribution in [2.75, 3.05) is 6.79 Å². The molecule has 0 radical (unpaired) electrons. The Morgan fingerprint density at radius 1 is 0.867 bits per heavy atom. The lowest BCUT2D eigenvalue weighted by Crippen LogP contribution is -2.51. The van der Waals surface area contributed by atoms with Crippen LogP contribution < -0.4 is 19.1 Å². The predicted molar refractivity (Wildman–Crippen MR) is 46.9 cm³/mol. The van der Waals surface area contributed by atoms with Gasteiger partial charge in [-0.2, -0.15) is 0 Å². The zero-order chi connectivity index (χ0) is 10.3. The molecule has 0 fully saturated rings. The Hall–Kier alpha value is -2.24. The molecule has 2 rings (SSSR count). The normalized spacial score (nSPS) is 9.60. The molecular weight excluding hydrogens is 196 g/mol. The summed E-state index contributed by atoms with van der Waals surface area (Å²) < 4.78 is 2.91. The van der Waals surface area contributed by atoms with Gasteiger partial charge in [-0.1, -0.05) is 9.97 Å². The predicted octanol–water partition coefficient (Wildman–Crippen LogP) is -1.43. The molecule has 0 unspecified atom stereocenters. The average Bonchev–Trinajstić information content (AvgIpc) is 2.32. The Balaban J connectivity index is 1.81. The Bertz CT molecular complexity index is 356. The van der Waals surface area contributed by atoms with E-state index in [1.54, 1.807) is 36.9 Å². The molecule has 0 amide bonds. The van der Waals surface area contributed by atoms with Crippen molar-refractivity contribution < 1.29 is 19.1 Å². The summed E-state index contributed by atoms with van der Waals surface area (Å²) in [6.45, 7) is 0.0761. The number of hydrogen-bond acceptors (Lipinski definition) is 4. The zero-order valence-corrected chi connectivity index (χ0v) is 7.93. The van der Waals surface area contributed by atoms with Crippen LogP contribution in [0.3, 0.4) is 0 Å². The van der Waals surface area contributed by atoms with Crippen molar-refractivity contribution in [2.45, 2.75) is 0 Å². The maximum Gasteiger partial charge on any atom is 0.325 e. The van der Waals surface area contributed by atoms with Crippen molar-refractivity contribution >= 4 is 0 Å². The average molecular weight is 206 g/mol. The van der Waals surface area contributed by atoms with Gasteiger partial charge in [0.05, 0.1) is 0 Å². The molecule has 0 aromatic carbocycles. The fraction of sp³-hybridized carbons (Fsp3) is 0.111. The van der Waals surface area contributed by atoms with Crippen LogP contribution in [0.25, 0.3) is 0 Å². The van der Waals surface area contributed by atoms with Crippen LogP contribution in [0.1, 0.15) is 0 Å². The summed E-state index contributed by atoms with van der Waals surface area (Å²) in [6.07, 6.45) is 9.86. The van der Waals surface area contributed by atoms with E-state index in [0.29, 0.717) is 0 Å². The van der Waals surface area contributed by atoms with Crippen LogP contribution >= 0.6 is 0 Å². The van der Waals surface area contributed by atoms with E-state index in [4.69, 9.17) is 9.68 Å². The molecule has 0 aliphatic rings. The lowest BCUT2D eigenvalue weighted by Gasteiger charge is -2.00. The SMILES string of the molecule is c1cnc[n+](OCO[n+]2cccnc2)c1. The van der Waals surface area contributed by atoms with Gasteiger partial charge in [-0.15, -0.1) is 0 Å². The lowest BCUT2D eigenvalue weighted by atomic mass is 10.7. The van der Waals surface area contributed by atoms with Crippen LogP contribution in [0.5, 0.6) is 0 Å². The van der Waals surface area contributed by atoms with E-state index in [0.717, 1.165) is 0 Å². The van der Waals surface area contributed by atoms with E-state index in [2.05, 4.69) is 9.97 Å². The summed E-state index contributed by atoms with van der Waals surface area (Å²) in [5, 5.41) is 0. The van der Waals surface area contributed by atoms with E-state index in [1.807, 2.05) is 0 Å². The standard InChI is InChI=1S/C9H10N4O2/c1-3-10-7-12(5-1)14-9-15-13-6-2-4-11-8-13/h1-8H,9H2/q+2. The highest BCUT2D eigenvalue weighted by Gasteiger charge is 1.99. The van der Waals surface area contributed by atoms with Crippen molar-refractivity contribution in [3.05, 3.63) is 49.6 Å². The molecular formula is C9H10N4O2+2. The maximum absolute atomic E-state index is 5.19. The van der Waals surface area contributed by atoms with Gasteiger partial charge >= 0.3 is 19.4 Å². The topological polar surface area (TPSA) is 52.0 Å². The van der Waals surface area contributed by atoms with Gasteiger partial charge in [0.2, 0.25) is 0 Å². The molecule has 0 aliphatic carbocycles. The van der Waals surface area contributed by atoms with Crippen molar-refractivity contribution in [1.82, 2.24) is 9.97 Å². The Kier molecular flexibility index (Phi) is 3.01. The molecule has 2 aromatic heterocycles. The summed E-state index contributed by atoms with van der Waals surface area (Å²) in [6, 6.07) is 3.52. The summed E-state index contributed by atoms with van der Waals surface area (Å²) in [4.78, 5) is 18.1. The molecule has 2 heterocycles. The van der Waals surface area contributed by atoms with Gasteiger partial charge in [-0.3, -0.25) is 9.68 Å². The Morgan fingerprint density at radius 3 is 1.80 bits per heavy atom. The number of nitrogens with zero attached hydrogens (tertiary/aromatic N) is 4. The van der Waals surface area contributed by atoms with Gasteiger partial charge in [0.1, 0.15) is 24.8 Å². The van der Waals surface area contributed by atoms with Crippen molar-refractivity contribution in [3.8, 4) is 0 Å². The minimum Gasteiger partial charge on any atom is -0.290 e. The smallest absolute Gasteiger partial charge is 0.290 e. The molecule has 0 spiro atoms. The molecule has 0 atom stereocenters. The summed E-state index contributed by atoms with van der Waals surface area (Å²) in [5.74, 6) is 0. The quantitative estimate of drug-likeness (QED) is 0.454. The molecule has 6 nitrogen and oxygen atoms in total. The first-order chi connectivity index (χ1) is 7.45. The molecule has 0 N–H and O–H groups in total. The maximum atomic E-state index is 5.19. The minimum atomic E-state index is 0.0761. The fourth-order valence-corrected chi connectivity index (χ4v) is 0.929. The van der Waals surface area contributed by atoms with Gasteiger partial charge in [0.25, 0.3) is 0 Å². The zero-order valence-electron chi connectivity index (χ0n) is 7.93. The first-order valence-corrected chi connectivity index (χ1v) is 4.34. The van der Waals surface area contributed by atoms with E-state index in [1.165, 1.54) is 22.1 Å². The van der Waals surface area contributed by atoms with Gasteiger partial charge < -0.3 is 0 Å². The second kappa shape index (κ2) is 4.85. The first-order valence-electron chi connectivity index (χ1n) is 4.34. The van der Waals surface area contributed by atoms with E-state index >= 15 is 0 Å². The third kappa shape index (κ3) is 2.87. The first kappa shape index (κ1) is 9.32. The molecule has 0 aliphatic heterocycles. The highest BCUT2D eigenvalue weighted by Crippen LogP contribution is 1.69. The monoisotopic (exact) mass is 206 g/mol. The summed E-state index contributed by atoms with van der Waals surface area (Å²) in [5.41, 5.74) is 0. The third-order valence-electron chi connectivity index (χ3n) is 1.57. The minimum absolute atomic E-state index is 0.0761. The van der Waals surface area contributed by atoms with Gasteiger partial charge in [-0.05, 0) is 9.46 Å². The Labute approximate surface area is 86.3 Å². The highest BCUT2D eigenvalue weighted by molar-refractivity contribution is 4.68. The highest BCUT2D eigenvalue weighted by atomic mass is 16.8. The molecule has 0 saturated heterocycles. The molecule has 2 aromatic rings. The second-order valence-electron chi connectivity index (χ2n) is 2.61. The molecule has 0 bridgehead atoms. The van der Waals surface area contributed by atoms with Crippen LogP contribution in [0, 0.1) is 0 Å². The van der Waals surface area contributed by atoms with Crippen LogP contribution in [-0.4, -0.2) is 16.8 Å². The van der Waals surface area contributed by atoms with E-state index < -0.39 is 0 Å². The Morgan fingerprint density at radius 2 is 1.40 bits per heavy atom. The van der Waals surface area contributed by atoms with Crippen molar-refractivity contribution in [3.63, 3.8) is 0 Å². The van der Waals surface area contributed by atoms with Crippen molar-refractivity contribution in [1.29, 1.82) is 0 Å². The van der Waals surface area contributed by atoms with Crippen LogP contribution in [0.4, 0.5) is 0 Å². The fourth-order valence-electron chi connectivity index (χ4n) is 0.929. The number of aromatic nitrogens is 4. The third-order valence-corrected chi connectivity index (χ3v) is 1.57. The van der Waals surface area contributed by atoms with Gasteiger partial charge in [-0.25, -0.2) is 0 Å². The molecule has 76 valence electrons. The number of rotatable bonds is 4. The van der Waals surface area contributed by atoms with Crippen LogP contribution in [0.15, 0.2) is 49.6 Å². The van der Waals surface area contributed by atoms with E-state index in [-0.39, 0.29) is 6.79 Å². The summed E-state index contributed by atoms with van der Waals surface area (Å²) >= 11 is 0. The molecule has 6 heteroatoms. The second-order valence-corrected chi connectivity index (χ2v) is 2.61. The largest absolute Gasteiger partial charge is 0.325 e. The van der Waals surface area contributed by atoms with Gasteiger partial charge in [0.15, 0.2) is 0 Å². The van der Waals surface area contributed by atoms with Gasteiger partial charge in [0, 0.05) is 12.1 Å². The van der Waals surface area contributed by atoms with Crippen molar-refractivity contribution in [2.24, 2.45) is 0 Å².